The summed E-state index contributed by atoms with van der Waals surface area (Å²) in [6.45, 7) is 9.12. The zero-order chi connectivity index (χ0) is 12.5. The molecule has 1 N–H and O–H groups in total. The summed E-state index contributed by atoms with van der Waals surface area (Å²) >= 11 is 0. The molecular formula is C14H23NO2. The lowest BCUT2D eigenvalue weighted by Crippen LogP contribution is -2.26. The molecule has 1 unspecified atom stereocenters. The number of likely N-dealkylation sites (N-methyl/N-ethyl adjacent to an activating group) is 1. The number of ether oxygens (including phenoxy) is 2. The van der Waals surface area contributed by atoms with E-state index in [0.717, 1.165) is 18.9 Å². The summed E-state index contributed by atoms with van der Waals surface area (Å²) in [5.74, 6) is 0.945. The zero-order valence-electron chi connectivity index (χ0n) is 11.0. The fourth-order valence-corrected chi connectivity index (χ4v) is 1.80. The van der Waals surface area contributed by atoms with Crippen molar-refractivity contribution in [3.05, 3.63) is 29.8 Å². The molecule has 0 spiro atoms. The molecule has 0 fully saturated rings. The Balaban J connectivity index is 2.83. The highest BCUT2D eigenvalue weighted by atomic mass is 16.5. The largest absolute Gasteiger partial charge is 0.494 e. The van der Waals surface area contributed by atoms with Crippen LogP contribution in [0.1, 0.15) is 32.4 Å². The SMILES string of the molecule is CCNC(COCC)c1ccccc1OCC. The number of hydrogen-bond acceptors (Lipinski definition) is 3. The van der Waals surface area contributed by atoms with Crippen molar-refractivity contribution in [3.8, 4) is 5.75 Å². The quantitative estimate of drug-likeness (QED) is 0.754. The second-order valence-electron chi connectivity index (χ2n) is 3.74. The first-order valence-corrected chi connectivity index (χ1v) is 6.36. The molecule has 0 amide bonds. The molecule has 0 heterocycles. The highest BCUT2D eigenvalue weighted by molar-refractivity contribution is 5.36. The fraction of sp³-hybridized carbons (Fsp3) is 0.571. The summed E-state index contributed by atoms with van der Waals surface area (Å²) in [5.41, 5.74) is 1.17. The third-order valence-electron chi connectivity index (χ3n) is 2.53. The molecule has 0 radical (unpaired) electrons. The van der Waals surface area contributed by atoms with Crippen molar-refractivity contribution in [3.63, 3.8) is 0 Å². The van der Waals surface area contributed by atoms with Gasteiger partial charge >= 0.3 is 0 Å². The second kappa shape index (κ2) is 8.09. The van der Waals surface area contributed by atoms with Crippen molar-refractivity contribution in [2.24, 2.45) is 0 Å². The summed E-state index contributed by atoms with van der Waals surface area (Å²) < 4.78 is 11.2. The van der Waals surface area contributed by atoms with E-state index in [4.69, 9.17) is 9.47 Å². The van der Waals surface area contributed by atoms with Gasteiger partial charge in [-0.15, -0.1) is 0 Å². The van der Waals surface area contributed by atoms with E-state index in [0.29, 0.717) is 13.2 Å². The number of nitrogens with one attached hydrogen (secondary N) is 1. The smallest absolute Gasteiger partial charge is 0.124 e. The van der Waals surface area contributed by atoms with Crippen molar-refractivity contribution >= 4 is 0 Å². The number of hydrogen-bond donors (Lipinski definition) is 1. The molecule has 3 nitrogen and oxygen atoms in total. The van der Waals surface area contributed by atoms with Crippen LogP contribution in [-0.2, 0) is 4.74 Å². The lowest BCUT2D eigenvalue weighted by Gasteiger charge is -2.20. The highest BCUT2D eigenvalue weighted by Crippen LogP contribution is 2.25. The van der Waals surface area contributed by atoms with Crippen molar-refractivity contribution in [2.45, 2.75) is 26.8 Å². The predicted octanol–water partition coefficient (Wildman–Crippen LogP) is 2.77. The summed E-state index contributed by atoms with van der Waals surface area (Å²) in [5, 5.41) is 3.43. The van der Waals surface area contributed by atoms with Gasteiger partial charge in [0.2, 0.25) is 0 Å². The Morgan fingerprint density at radius 1 is 1.12 bits per heavy atom. The van der Waals surface area contributed by atoms with Crippen LogP contribution >= 0.6 is 0 Å². The Bertz CT molecular complexity index is 315. The van der Waals surface area contributed by atoms with Gasteiger partial charge in [0.15, 0.2) is 0 Å². The van der Waals surface area contributed by atoms with E-state index in [1.807, 2.05) is 32.0 Å². The highest BCUT2D eigenvalue weighted by Gasteiger charge is 2.14. The molecule has 0 aliphatic rings. The van der Waals surface area contributed by atoms with E-state index in [9.17, 15) is 0 Å². The summed E-state index contributed by atoms with van der Waals surface area (Å²) in [6.07, 6.45) is 0. The Morgan fingerprint density at radius 3 is 2.53 bits per heavy atom. The zero-order valence-corrected chi connectivity index (χ0v) is 11.0. The van der Waals surface area contributed by atoms with Gasteiger partial charge in [0, 0.05) is 12.2 Å². The topological polar surface area (TPSA) is 30.5 Å². The van der Waals surface area contributed by atoms with Crippen molar-refractivity contribution in [1.29, 1.82) is 0 Å². The minimum Gasteiger partial charge on any atom is -0.494 e. The fourth-order valence-electron chi connectivity index (χ4n) is 1.80. The molecule has 17 heavy (non-hydrogen) atoms. The van der Waals surface area contributed by atoms with E-state index in [2.05, 4.69) is 18.3 Å². The Morgan fingerprint density at radius 2 is 1.88 bits per heavy atom. The van der Waals surface area contributed by atoms with E-state index in [1.54, 1.807) is 0 Å². The molecule has 96 valence electrons. The molecule has 0 aromatic heterocycles. The Labute approximate surface area is 104 Å². The molecule has 3 heteroatoms. The lowest BCUT2D eigenvalue weighted by atomic mass is 10.1. The monoisotopic (exact) mass is 237 g/mol. The first kappa shape index (κ1) is 14.0. The van der Waals surface area contributed by atoms with Gasteiger partial charge in [-0.3, -0.25) is 0 Å². The van der Waals surface area contributed by atoms with E-state index in [1.165, 1.54) is 5.56 Å². The average molecular weight is 237 g/mol. The van der Waals surface area contributed by atoms with Crippen molar-refractivity contribution < 1.29 is 9.47 Å². The van der Waals surface area contributed by atoms with Crippen molar-refractivity contribution in [2.75, 3.05) is 26.4 Å². The van der Waals surface area contributed by atoms with Crippen LogP contribution in [0.3, 0.4) is 0 Å². The normalized spacial score (nSPS) is 12.4. The Hall–Kier alpha value is -1.06. The number of benzene rings is 1. The van der Waals surface area contributed by atoms with Crippen LogP contribution in [0.5, 0.6) is 5.75 Å². The second-order valence-corrected chi connectivity index (χ2v) is 3.74. The number of para-hydroxylation sites is 1. The summed E-state index contributed by atoms with van der Waals surface area (Å²) in [7, 11) is 0. The maximum Gasteiger partial charge on any atom is 0.124 e. The first-order valence-electron chi connectivity index (χ1n) is 6.36. The summed E-state index contributed by atoms with van der Waals surface area (Å²) in [4.78, 5) is 0. The standard InChI is InChI=1S/C14H23NO2/c1-4-15-13(11-16-5-2)12-9-7-8-10-14(12)17-6-3/h7-10,13,15H,4-6,11H2,1-3H3. The minimum atomic E-state index is 0.197. The van der Waals surface area contributed by atoms with Gasteiger partial charge in [-0.25, -0.2) is 0 Å². The molecule has 1 aromatic rings. The van der Waals surface area contributed by atoms with Crippen LogP contribution in [0.25, 0.3) is 0 Å². The van der Waals surface area contributed by atoms with E-state index in [-0.39, 0.29) is 6.04 Å². The molecule has 0 aliphatic heterocycles. The molecule has 1 atom stereocenters. The number of rotatable bonds is 8. The average Bonchev–Trinajstić information content (AvgIpc) is 2.36. The maximum absolute atomic E-state index is 5.65. The Kier molecular flexibility index (Phi) is 6.67. The summed E-state index contributed by atoms with van der Waals surface area (Å²) in [6, 6.07) is 8.33. The van der Waals surface area contributed by atoms with Crippen LogP contribution in [-0.4, -0.2) is 26.4 Å². The molecule has 1 rings (SSSR count). The van der Waals surface area contributed by atoms with E-state index >= 15 is 0 Å². The first-order chi connectivity index (χ1) is 8.33. The molecule has 0 saturated heterocycles. The van der Waals surface area contributed by atoms with Gasteiger partial charge < -0.3 is 14.8 Å². The van der Waals surface area contributed by atoms with Gasteiger partial charge in [-0.1, -0.05) is 25.1 Å². The molecule has 0 aliphatic carbocycles. The van der Waals surface area contributed by atoms with Crippen LogP contribution in [0.15, 0.2) is 24.3 Å². The molecular weight excluding hydrogens is 214 g/mol. The van der Waals surface area contributed by atoms with Crippen LogP contribution in [0.2, 0.25) is 0 Å². The minimum absolute atomic E-state index is 0.197. The molecule has 1 aromatic carbocycles. The third-order valence-corrected chi connectivity index (χ3v) is 2.53. The molecule has 0 saturated carbocycles. The lowest BCUT2D eigenvalue weighted by molar-refractivity contribution is 0.122. The molecule has 0 bridgehead atoms. The van der Waals surface area contributed by atoms with Gasteiger partial charge in [0.05, 0.1) is 19.3 Å². The van der Waals surface area contributed by atoms with Gasteiger partial charge in [-0.05, 0) is 26.5 Å². The van der Waals surface area contributed by atoms with Gasteiger partial charge in [0.25, 0.3) is 0 Å². The maximum atomic E-state index is 5.65. The van der Waals surface area contributed by atoms with E-state index < -0.39 is 0 Å². The third kappa shape index (κ3) is 4.36. The van der Waals surface area contributed by atoms with Crippen molar-refractivity contribution in [1.82, 2.24) is 5.32 Å². The van der Waals surface area contributed by atoms with Gasteiger partial charge in [0.1, 0.15) is 5.75 Å². The predicted molar refractivity (Wildman–Crippen MR) is 70.5 cm³/mol. The van der Waals surface area contributed by atoms with Gasteiger partial charge in [-0.2, -0.15) is 0 Å². The van der Waals surface area contributed by atoms with Crippen LogP contribution in [0.4, 0.5) is 0 Å². The van der Waals surface area contributed by atoms with Crippen LogP contribution in [0, 0.1) is 0 Å². The van der Waals surface area contributed by atoms with Crippen LogP contribution < -0.4 is 10.1 Å².